The molecule has 4 bridgehead atoms. The van der Waals surface area contributed by atoms with Gasteiger partial charge in [-0.2, -0.15) is 0 Å². The average molecular weight is 1050 g/mol. The molecule has 6 aromatic rings. The summed E-state index contributed by atoms with van der Waals surface area (Å²) in [4.78, 5) is 46.4. The third-order valence-corrected chi connectivity index (χ3v) is 14.1. The van der Waals surface area contributed by atoms with E-state index in [1.165, 1.54) is 5.56 Å². The van der Waals surface area contributed by atoms with Crippen molar-refractivity contribution in [3.63, 3.8) is 0 Å². The predicted octanol–water partition coefficient (Wildman–Crippen LogP) is 9.52. The van der Waals surface area contributed by atoms with Gasteiger partial charge in [0.1, 0.15) is 30.1 Å². The summed E-state index contributed by atoms with van der Waals surface area (Å²) >= 11 is 13.1. The first kappa shape index (κ1) is 51.1. The summed E-state index contributed by atoms with van der Waals surface area (Å²) in [6.07, 6.45) is 10.8. The van der Waals surface area contributed by atoms with E-state index < -0.39 is 11.6 Å². The van der Waals surface area contributed by atoms with Gasteiger partial charge in [-0.25, -0.2) is 24.7 Å². The quantitative estimate of drug-likeness (QED) is 0.124. The number of urea groups is 1. The molecule has 6 aliphatic rings. The van der Waals surface area contributed by atoms with E-state index in [1.54, 1.807) is 41.8 Å². The number of fused-ring (bicyclic) bond motifs is 8. The Morgan fingerprint density at radius 2 is 1.41 bits per heavy atom. The molecule has 2 amide bonds. The van der Waals surface area contributed by atoms with Crippen LogP contribution < -0.4 is 35.8 Å². The predicted molar refractivity (Wildman–Crippen MR) is 287 cm³/mol. The van der Waals surface area contributed by atoms with Crippen LogP contribution in [0.15, 0.2) is 85.5 Å². The van der Waals surface area contributed by atoms with Crippen LogP contribution in [0, 0.1) is 13.8 Å². The second-order valence-electron chi connectivity index (χ2n) is 20.2. The van der Waals surface area contributed by atoms with Crippen LogP contribution in [0.2, 0.25) is 10.0 Å². The monoisotopic (exact) mass is 1040 g/mol. The maximum absolute atomic E-state index is 13.7. The number of hydrogen-bond acceptors (Lipinski definition) is 16. The van der Waals surface area contributed by atoms with Crippen LogP contribution in [0.5, 0.6) is 5.75 Å². The van der Waals surface area contributed by atoms with Crippen LogP contribution in [0.3, 0.4) is 0 Å². The minimum absolute atomic E-state index is 0.00879. The highest BCUT2D eigenvalue weighted by molar-refractivity contribution is 6.34. The Morgan fingerprint density at radius 1 is 0.770 bits per heavy atom. The van der Waals surface area contributed by atoms with E-state index in [0.717, 1.165) is 97.3 Å². The Hall–Kier alpha value is -6.41. The first-order valence-corrected chi connectivity index (χ1v) is 25.8. The van der Waals surface area contributed by atoms with Crippen LogP contribution in [0.1, 0.15) is 63.9 Å². The lowest BCUT2D eigenvalue weighted by atomic mass is 10.1. The van der Waals surface area contributed by atoms with Gasteiger partial charge in [-0.15, -0.1) is 0 Å². The zero-order chi connectivity index (χ0) is 51.7. The number of aromatic nitrogens is 6. The van der Waals surface area contributed by atoms with Crippen molar-refractivity contribution >= 4 is 63.9 Å². The van der Waals surface area contributed by atoms with E-state index in [1.807, 2.05) is 90.1 Å². The number of aryl methyl sites for hydroxylation is 3. The molecule has 18 nitrogen and oxygen atoms in total. The van der Waals surface area contributed by atoms with Gasteiger partial charge in [-0.05, 0) is 127 Å². The lowest BCUT2D eigenvalue weighted by molar-refractivity contribution is -0.141. The summed E-state index contributed by atoms with van der Waals surface area (Å²) in [5, 5.41) is 7.68. The second-order valence-corrected chi connectivity index (χ2v) is 21.0. The summed E-state index contributed by atoms with van der Waals surface area (Å²) in [6, 6.07) is 19.2. The standard InChI is InChI=1S/C27H29ClN6O4.C15H15ClN4.C12H18N2O2/c1-16-10-17(4-7-29-16)24-21(28)12-22-25(32-24)34(18-6-9-33(22)13-18)26(35)31-23-11-19(5-8-30-23)36-14-20-15-37-27(2,3)38-20;1-9-6-10(2-4-17-9)14-12(16)7-13-15(19-14)18-11-3-5-20(13)8-11;1-12(2)15-8-10(16-12)4-3-9-5-6-14-11(13)7-9/h4-5,7-8,10-12,18,20H,6,9,13-15H2,1-3H3,(H,30,31,35);2,4,6-7,11H,3,5,8H2,1H3,(H,18,19);5-7,10H,3-4,8H2,1-2H3,(H2,13,14)/t18-,20-;11-;10-/m000/s1. The molecule has 4 fully saturated rings. The van der Waals surface area contributed by atoms with Crippen molar-refractivity contribution in [2.24, 2.45) is 0 Å². The smallest absolute Gasteiger partial charge is 0.329 e. The zero-order valence-corrected chi connectivity index (χ0v) is 44.0. The molecule has 20 heteroatoms. The second kappa shape index (κ2) is 21.4. The van der Waals surface area contributed by atoms with Crippen LogP contribution >= 0.6 is 23.2 Å². The van der Waals surface area contributed by atoms with Crippen molar-refractivity contribution < 1.29 is 28.5 Å². The third-order valence-electron chi connectivity index (χ3n) is 13.6. The average Bonchev–Trinajstić information content (AvgIpc) is 4.16. The highest BCUT2D eigenvalue weighted by Gasteiger charge is 2.41. The van der Waals surface area contributed by atoms with E-state index in [-0.39, 0.29) is 24.3 Å². The number of halogens is 2. The van der Waals surface area contributed by atoms with Crippen molar-refractivity contribution in [1.29, 1.82) is 0 Å². The molecule has 12 heterocycles. The van der Waals surface area contributed by atoms with E-state index >= 15 is 0 Å². The maximum atomic E-state index is 13.7. The number of amides is 2. The summed E-state index contributed by atoms with van der Waals surface area (Å²) in [5.74, 6) is 2.03. The third kappa shape index (κ3) is 11.9. The highest BCUT2D eigenvalue weighted by atomic mass is 35.5. The molecule has 6 aliphatic heterocycles. The van der Waals surface area contributed by atoms with E-state index in [2.05, 4.69) is 40.4 Å². The van der Waals surface area contributed by atoms with E-state index in [4.69, 9.17) is 62.6 Å². The lowest BCUT2D eigenvalue weighted by Crippen LogP contribution is -2.48. The number of nitrogens with zero attached hydrogens (tertiary/aromatic N) is 9. The molecule has 4 saturated heterocycles. The Kier molecular flexibility index (Phi) is 14.8. The number of carbonyl (C=O) groups excluding carboxylic acids is 1. The molecule has 4 N–H and O–H groups in total. The van der Waals surface area contributed by atoms with Gasteiger partial charge in [0.05, 0.1) is 58.2 Å². The molecule has 4 atom stereocenters. The molecule has 0 aliphatic carbocycles. The van der Waals surface area contributed by atoms with Gasteiger partial charge in [-0.1, -0.05) is 23.2 Å². The molecular weight excluding hydrogens is 984 g/mol. The van der Waals surface area contributed by atoms with Crippen molar-refractivity contribution in [3.8, 4) is 28.3 Å². The van der Waals surface area contributed by atoms with Crippen molar-refractivity contribution in [2.45, 2.75) is 103 Å². The van der Waals surface area contributed by atoms with Gasteiger partial charge >= 0.3 is 6.03 Å². The van der Waals surface area contributed by atoms with Crippen LogP contribution in [-0.2, 0) is 25.4 Å². The first-order chi connectivity index (χ1) is 35.5. The molecule has 0 saturated carbocycles. The summed E-state index contributed by atoms with van der Waals surface area (Å²) in [7, 11) is 0. The normalized spacial score (nSPS) is 21.4. The number of nitrogens with two attached hydrogens (primary N) is 1. The van der Waals surface area contributed by atoms with Gasteiger partial charge in [-0.3, -0.25) is 20.2 Å². The summed E-state index contributed by atoms with van der Waals surface area (Å²) in [5.41, 5.74) is 13.9. The van der Waals surface area contributed by atoms with Gasteiger partial charge in [0.25, 0.3) is 0 Å². The number of nitrogen functional groups attached to an aromatic ring is 1. The number of pyridine rings is 6. The highest BCUT2D eigenvalue weighted by Crippen LogP contribution is 2.44. The maximum Gasteiger partial charge on any atom is 0.329 e. The van der Waals surface area contributed by atoms with E-state index in [0.29, 0.717) is 64.8 Å². The summed E-state index contributed by atoms with van der Waals surface area (Å²) in [6.45, 7) is 16.7. The molecule has 0 unspecified atom stereocenters. The lowest BCUT2D eigenvalue weighted by Gasteiger charge is -2.36. The van der Waals surface area contributed by atoms with Crippen LogP contribution in [-0.4, -0.2) is 118 Å². The fourth-order valence-corrected chi connectivity index (χ4v) is 10.6. The fourth-order valence-electron chi connectivity index (χ4n) is 10.0. The molecule has 6 aromatic heterocycles. The van der Waals surface area contributed by atoms with Gasteiger partial charge in [0, 0.05) is 85.6 Å². The van der Waals surface area contributed by atoms with Crippen LogP contribution in [0.25, 0.3) is 22.5 Å². The van der Waals surface area contributed by atoms with Crippen LogP contribution in [0.4, 0.5) is 39.4 Å². The molecule has 74 heavy (non-hydrogen) atoms. The van der Waals surface area contributed by atoms with E-state index in [9.17, 15) is 4.79 Å². The molecule has 12 rings (SSSR count). The number of anilines is 6. The largest absolute Gasteiger partial charge is 0.491 e. The fraction of sp³-hybridized carbons (Fsp3) is 0.426. The summed E-state index contributed by atoms with van der Waals surface area (Å²) < 4.78 is 28.5. The number of rotatable bonds is 9. The Morgan fingerprint density at radius 3 is 2.08 bits per heavy atom. The number of nitrogens with one attached hydrogen (secondary N) is 2. The zero-order valence-electron chi connectivity index (χ0n) is 42.5. The van der Waals surface area contributed by atoms with Gasteiger partial charge in [0.15, 0.2) is 23.2 Å². The van der Waals surface area contributed by atoms with Crippen molar-refractivity contribution in [3.05, 3.63) is 112 Å². The van der Waals surface area contributed by atoms with Crippen molar-refractivity contribution in [2.75, 3.05) is 77.1 Å². The SMILES string of the molecule is CC1(C)OC[C@H](CCc2ccnc(N)c2)O1.Cc1cc(-c2nc3c(cc2Cl)N2CC[C@@H](C2)N3)ccn1.Cc1cc(-c2nc3c(cc2Cl)N2CC[C@@H](C2)N3C(=O)Nc2cc(OC[C@H]3COC(C)(C)O3)ccn2)ccn1. The Labute approximate surface area is 441 Å². The number of hydrogen-bond donors (Lipinski definition) is 3. The van der Waals surface area contributed by atoms with Gasteiger partial charge < -0.3 is 44.5 Å². The Bertz CT molecular complexity index is 3020. The van der Waals surface area contributed by atoms with Crippen molar-refractivity contribution in [1.82, 2.24) is 29.9 Å². The topological polar surface area (TPSA) is 200 Å². The molecule has 388 valence electrons. The molecule has 0 spiro atoms. The first-order valence-electron chi connectivity index (χ1n) is 25.1. The van der Waals surface area contributed by atoms with Gasteiger partial charge in [0.2, 0.25) is 0 Å². The number of ether oxygens (including phenoxy) is 5. The minimum atomic E-state index is -0.611. The molecule has 0 aromatic carbocycles. The minimum Gasteiger partial charge on any atom is -0.491 e. The Balaban J connectivity index is 0.000000144. The molecule has 0 radical (unpaired) electrons. The number of carbonyl (C=O) groups is 1. The molecular formula is C54H62Cl2N12O6.